The number of ether oxygens (including phenoxy) is 2. The van der Waals surface area contributed by atoms with Gasteiger partial charge in [-0.15, -0.1) is 0 Å². The lowest BCUT2D eigenvalue weighted by Gasteiger charge is -2.38. The monoisotopic (exact) mass is 839 g/mol. The number of rotatable bonds is 26. The summed E-state index contributed by atoms with van der Waals surface area (Å²) in [6.45, 7) is 9.34. The quantitative estimate of drug-likeness (QED) is 0.0539. The Balaban J connectivity index is 1.30. The van der Waals surface area contributed by atoms with E-state index in [0.29, 0.717) is 12.1 Å². The molecule has 1 aliphatic rings. The lowest BCUT2D eigenvalue weighted by atomic mass is 9.99. The number of anilines is 1. The number of amides is 1. The zero-order valence-electron chi connectivity index (χ0n) is 36.2. The minimum Gasteiger partial charge on any atom is -0.392 e. The second-order valence-corrected chi connectivity index (χ2v) is 18.2. The van der Waals surface area contributed by atoms with Crippen molar-refractivity contribution in [1.82, 2.24) is 9.62 Å². The third-order valence-electron chi connectivity index (χ3n) is 11.4. The SMILES string of the molecule is CCCCCCCCN(CCCCCCCC)CC1CC(c2ccc(CO)cc2)OC(c2ccc(NC(=O)C(Cc3ccccc3)NS(=O)(=O)c3ccc(C)cc3)cc2)O1. The Morgan fingerprint density at radius 3 is 1.90 bits per heavy atom. The molecule has 4 atom stereocenters. The molecule has 0 aliphatic carbocycles. The first kappa shape index (κ1) is 47.2. The van der Waals surface area contributed by atoms with Gasteiger partial charge in [0.15, 0.2) is 6.29 Å². The smallest absolute Gasteiger partial charge is 0.242 e. The van der Waals surface area contributed by atoms with E-state index in [-0.39, 0.29) is 30.1 Å². The number of carbonyl (C=O) groups excluding carboxylic acids is 1. The molecule has 1 saturated heterocycles. The summed E-state index contributed by atoms with van der Waals surface area (Å²) in [4.78, 5) is 16.5. The molecule has 0 saturated carbocycles. The molecule has 5 rings (SSSR count). The van der Waals surface area contributed by atoms with Crippen LogP contribution in [-0.4, -0.2) is 56.1 Å². The summed E-state index contributed by atoms with van der Waals surface area (Å²) in [6.07, 6.45) is 15.2. The van der Waals surface area contributed by atoms with Crippen molar-refractivity contribution in [1.29, 1.82) is 0 Å². The fraction of sp³-hybridized carbons (Fsp3) is 0.500. The molecule has 4 unspecified atom stereocenters. The van der Waals surface area contributed by atoms with Crippen molar-refractivity contribution in [3.05, 3.63) is 131 Å². The van der Waals surface area contributed by atoms with Gasteiger partial charge in [0.2, 0.25) is 15.9 Å². The molecule has 3 N–H and O–H groups in total. The number of nitrogens with zero attached hydrogens (tertiary/aromatic N) is 1. The van der Waals surface area contributed by atoms with Crippen LogP contribution >= 0.6 is 0 Å². The largest absolute Gasteiger partial charge is 0.392 e. The average molecular weight is 840 g/mol. The summed E-state index contributed by atoms with van der Waals surface area (Å²) >= 11 is 0. The van der Waals surface area contributed by atoms with E-state index >= 15 is 0 Å². The van der Waals surface area contributed by atoms with Crippen molar-refractivity contribution in [3.8, 4) is 0 Å². The number of aliphatic hydroxyl groups is 1. The van der Waals surface area contributed by atoms with Crippen molar-refractivity contribution in [2.75, 3.05) is 25.0 Å². The van der Waals surface area contributed by atoms with Crippen LogP contribution in [0.25, 0.3) is 0 Å². The Hall–Kier alpha value is -3.90. The van der Waals surface area contributed by atoms with Crippen LogP contribution in [0.15, 0.2) is 108 Å². The Kier molecular flexibility index (Phi) is 19.8. The number of nitrogens with one attached hydrogen (secondary N) is 2. The van der Waals surface area contributed by atoms with Gasteiger partial charge in [0.05, 0.1) is 23.7 Å². The highest BCUT2D eigenvalue weighted by Gasteiger charge is 2.33. The molecule has 326 valence electrons. The summed E-state index contributed by atoms with van der Waals surface area (Å²) in [5.74, 6) is -0.463. The number of sulfonamides is 1. The van der Waals surface area contributed by atoms with E-state index in [1.807, 2.05) is 85.8 Å². The zero-order chi connectivity index (χ0) is 42.6. The molecule has 1 heterocycles. The van der Waals surface area contributed by atoms with Crippen LogP contribution in [0, 0.1) is 6.92 Å². The molecule has 60 heavy (non-hydrogen) atoms. The van der Waals surface area contributed by atoms with Crippen LogP contribution in [-0.2, 0) is 37.3 Å². The van der Waals surface area contributed by atoms with Gasteiger partial charge in [-0.05, 0) is 80.2 Å². The third-order valence-corrected chi connectivity index (χ3v) is 12.9. The van der Waals surface area contributed by atoms with E-state index in [1.54, 1.807) is 24.3 Å². The maximum Gasteiger partial charge on any atom is 0.242 e. The summed E-state index contributed by atoms with van der Waals surface area (Å²) in [6, 6.07) is 30.3. The minimum atomic E-state index is -3.98. The van der Waals surface area contributed by atoms with Gasteiger partial charge in [0.1, 0.15) is 6.04 Å². The molecule has 1 amide bonds. The average Bonchev–Trinajstić information content (AvgIpc) is 3.26. The summed E-state index contributed by atoms with van der Waals surface area (Å²) in [5, 5.41) is 12.7. The number of hydrogen-bond donors (Lipinski definition) is 3. The summed E-state index contributed by atoms with van der Waals surface area (Å²) in [7, 11) is -3.98. The van der Waals surface area contributed by atoms with Gasteiger partial charge in [0.25, 0.3) is 0 Å². The van der Waals surface area contributed by atoms with Gasteiger partial charge in [-0.25, -0.2) is 8.42 Å². The maximum absolute atomic E-state index is 13.8. The summed E-state index contributed by atoms with van der Waals surface area (Å²) < 4.78 is 43.0. The first-order valence-electron chi connectivity index (χ1n) is 22.4. The molecule has 10 heteroatoms. The molecular formula is C50H69N3O6S. The predicted octanol–water partition coefficient (Wildman–Crippen LogP) is 10.6. The first-order valence-corrected chi connectivity index (χ1v) is 23.9. The van der Waals surface area contributed by atoms with Gasteiger partial charge in [0, 0.05) is 24.2 Å². The van der Waals surface area contributed by atoms with Crippen LogP contribution in [0.2, 0.25) is 0 Å². The maximum atomic E-state index is 13.8. The lowest BCUT2D eigenvalue weighted by Crippen LogP contribution is -2.45. The van der Waals surface area contributed by atoms with Crippen LogP contribution < -0.4 is 10.0 Å². The minimum absolute atomic E-state index is 0.0134. The number of carbonyl (C=O) groups is 1. The zero-order valence-corrected chi connectivity index (χ0v) is 37.0. The van der Waals surface area contributed by atoms with E-state index in [9.17, 15) is 18.3 Å². The van der Waals surface area contributed by atoms with Crippen molar-refractivity contribution in [2.24, 2.45) is 0 Å². The fourth-order valence-electron chi connectivity index (χ4n) is 7.81. The van der Waals surface area contributed by atoms with Crippen LogP contribution in [0.5, 0.6) is 0 Å². The van der Waals surface area contributed by atoms with Crippen LogP contribution in [0.3, 0.4) is 0 Å². The van der Waals surface area contributed by atoms with Gasteiger partial charge >= 0.3 is 0 Å². The van der Waals surface area contributed by atoms with E-state index in [4.69, 9.17) is 9.47 Å². The topological polar surface area (TPSA) is 117 Å². The molecule has 4 aromatic carbocycles. The van der Waals surface area contributed by atoms with E-state index < -0.39 is 28.3 Å². The number of benzene rings is 4. The van der Waals surface area contributed by atoms with Crippen molar-refractivity contribution in [2.45, 2.75) is 147 Å². The second kappa shape index (κ2) is 25.1. The molecule has 0 spiro atoms. The standard InChI is InChI=1S/C50H69N3O6S/c1-4-6-8-10-12-17-33-53(34-18-13-11-9-7-5-2)37-45-36-48(42-25-23-41(38-54)24-26-42)59-50(58-45)43-27-29-44(30-28-43)51-49(55)47(35-40-19-15-14-16-20-40)52-60(56,57)46-31-21-39(3)22-32-46/h14-16,19-32,45,47-48,50,52,54H,4-13,17-18,33-38H2,1-3H3,(H,51,55). The fourth-order valence-corrected chi connectivity index (χ4v) is 9.01. The molecule has 1 fully saturated rings. The molecule has 0 radical (unpaired) electrons. The van der Waals surface area contributed by atoms with Gasteiger partial charge in [-0.1, -0.05) is 162 Å². The number of hydrogen-bond acceptors (Lipinski definition) is 7. The lowest BCUT2D eigenvalue weighted by molar-refractivity contribution is -0.253. The predicted molar refractivity (Wildman–Crippen MR) is 242 cm³/mol. The highest BCUT2D eigenvalue weighted by atomic mass is 32.2. The van der Waals surface area contributed by atoms with Crippen LogP contribution in [0.4, 0.5) is 5.69 Å². The first-order chi connectivity index (χ1) is 29.2. The van der Waals surface area contributed by atoms with E-state index in [1.165, 1.54) is 77.0 Å². The van der Waals surface area contributed by atoms with Crippen molar-refractivity contribution >= 4 is 21.6 Å². The third kappa shape index (κ3) is 15.5. The van der Waals surface area contributed by atoms with Gasteiger partial charge < -0.3 is 24.8 Å². The highest BCUT2D eigenvalue weighted by molar-refractivity contribution is 7.89. The molecule has 0 aromatic heterocycles. The van der Waals surface area contributed by atoms with Gasteiger partial charge in [-0.3, -0.25) is 4.79 Å². The molecular weight excluding hydrogens is 771 g/mol. The normalized spacial score (nSPS) is 17.4. The molecule has 0 bridgehead atoms. The Morgan fingerprint density at radius 2 is 1.30 bits per heavy atom. The Labute approximate surface area is 360 Å². The van der Waals surface area contributed by atoms with E-state index in [0.717, 1.165) is 47.5 Å². The van der Waals surface area contributed by atoms with Crippen molar-refractivity contribution in [3.63, 3.8) is 0 Å². The highest BCUT2D eigenvalue weighted by Crippen LogP contribution is 2.38. The number of aliphatic hydroxyl groups excluding tert-OH is 1. The second-order valence-electron chi connectivity index (χ2n) is 16.5. The Morgan fingerprint density at radius 1 is 0.717 bits per heavy atom. The molecule has 4 aromatic rings. The summed E-state index contributed by atoms with van der Waals surface area (Å²) in [5.41, 5.74) is 5.04. The number of aryl methyl sites for hydroxylation is 1. The van der Waals surface area contributed by atoms with Crippen molar-refractivity contribution < 1.29 is 27.8 Å². The molecule has 1 aliphatic heterocycles. The van der Waals surface area contributed by atoms with E-state index in [2.05, 4.69) is 28.8 Å². The molecule has 9 nitrogen and oxygen atoms in total. The van der Waals surface area contributed by atoms with Crippen LogP contribution in [0.1, 0.15) is 138 Å². The Bertz CT molecular complexity index is 1910. The van der Waals surface area contributed by atoms with Gasteiger partial charge in [-0.2, -0.15) is 4.72 Å². The number of unbranched alkanes of at least 4 members (excludes halogenated alkanes) is 10.